The van der Waals surface area contributed by atoms with Crippen LogP contribution in [0.15, 0.2) is 72.8 Å². The summed E-state index contributed by atoms with van der Waals surface area (Å²) in [7, 11) is 0. The van der Waals surface area contributed by atoms with Gasteiger partial charge in [-0.25, -0.2) is 9.59 Å². The summed E-state index contributed by atoms with van der Waals surface area (Å²) in [4.78, 5) is 35.6. The highest BCUT2D eigenvalue weighted by molar-refractivity contribution is 5.93. The summed E-state index contributed by atoms with van der Waals surface area (Å²) < 4.78 is 5.57. The van der Waals surface area contributed by atoms with Gasteiger partial charge >= 0.3 is 12.1 Å². The van der Waals surface area contributed by atoms with Gasteiger partial charge in [-0.1, -0.05) is 54.6 Å². The largest absolute Gasteiger partial charge is 0.478 e. The van der Waals surface area contributed by atoms with Crippen LogP contribution in [0.1, 0.15) is 53.6 Å². The molecule has 3 aromatic rings. The van der Waals surface area contributed by atoms with Crippen LogP contribution < -0.4 is 10.6 Å². The number of nitrogens with one attached hydrogen (secondary N) is 2. The summed E-state index contributed by atoms with van der Waals surface area (Å²) in [5, 5.41) is 14.6. The van der Waals surface area contributed by atoms with E-state index in [1.807, 2.05) is 31.2 Å². The Labute approximate surface area is 204 Å². The SMILES string of the molecule is CC(CCCC(=O)Nc1cccc(C(=O)O)c1)NC(=O)OCC1c2ccccc2-c2ccccc21. The van der Waals surface area contributed by atoms with E-state index in [1.54, 1.807) is 12.1 Å². The molecule has 1 atom stereocenters. The van der Waals surface area contributed by atoms with Gasteiger partial charge in [0, 0.05) is 24.1 Å². The fourth-order valence-corrected chi connectivity index (χ4v) is 4.44. The number of aromatic carboxylic acids is 1. The number of carboxylic acid groups (broad SMARTS) is 1. The van der Waals surface area contributed by atoms with E-state index in [4.69, 9.17) is 9.84 Å². The van der Waals surface area contributed by atoms with Crippen LogP contribution in [0, 0.1) is 0 Å². The van der Waals surface area contributed by atoms with Crippen molar-refractivity contribution in [3.63, 3.8) is 0 Å². The average Bonchev–Trinajstić information content (AvgIpc) is 3.16. The molecule has 0 bridgehead atoms. The number of anilines is 1. The quantitative estimate of drug-likeness (QED) is 0.386. The molecule has 0 saturated heterocycles. The predicted molar refractivity (Wildman–Crippen MR) is 134 cm³/mol. The lowest BCUT2D eigenvalue weighted by Gasteiger charge is -2.17. The second-order valence-corrected chi connectivity index (χ2v) is 8.70. The zero-order chi connectivity index (χ0) is 24.8. The number of ether oxygens (including phenoxy) is 1. The number of benzene rings is 3. The van der Waals surface area contributed by atoms with Gasteiger partial charge in [-0.3, -0.25) is 4.79 Å². The summed E-state index contributed by atoms with van der Waals surface area (Å²) in [6.45, 7) is 2.13. The molecule has 0 fully saturated rings. The van der Waals surface area contributed by atoms with Crippen molar-refractivity contribution in [3.05, 3.63) is 89.5 Å². The molecule has 0 aromatic heterocycles. The van der Waals surface area contributed by atoms with E-state index in [2.05, 4.69) is 34.9 Å². The third-order valence-electron chi connectivity index (χ3n) is 6.14. The van der Waals surface area contributed by atoms with Crippen molar-refractivity contribution < 1.29 is 24.2 Å². The Morgan fingerprint density at radius 1 is 0.943 bits per heavy atom. The molecular weight excluding hydrogens is 444 g/mol. The molecule has 7 nitrogen and oxygen atoms in total. The lowest BCUT2D eigenvalue weighted by atomic mass is 9.98. The molecule has 7 heteroatoms. The summed E-state index contributed by atoms with van der Waals surface area (Å²) in [5.41, 5.74) is 5.24. The van der Waals surface area contributed by atoms with Crippen LogP contribution in [0.25, 0.3) is 11.1 Å². The number of hydrogen-bond donors (Lipinski definition) is 3. The Morgan fingerprint density at radius 3 is 2.26 bits per heavy atom. The number of carbonyl (C=O) groups is 3. The Bertz CT molecular complexity index is 1190. The molecule has 2 amide bonds. The molecule has 0 saturated carbocycles. The minimum atomic E-state index is -1.05. The maximum absolute atomic E-state index is 12.4. The highest BCUT2D eigenvalue weighted by atomic mass is 16.5. The Morgan fingerprint density at radius 2 is 1.60 bits per heavy atom. The first-order valence-corrected chi connectivity index (χ1v) is 11.7. The van der Waals surface area contributed by atoms with Gasteiger partial charge in [0.05, 0.1) is 5.56 Å². The molecule has 0 aliphatic heterocycles. The Kier molecular flexibility index (Phi) is 7.45. The Hall–Kier alpha value is -4.13. The first-order valence-electron chi connectivity index (χ1n) is 11.7. The highest BCUT2D eigenvalue weighted by Crippen LogP contribution is 2.44. The van der Waals surface area contributed by atoms with Gasteiger partial charge in [0.15, 0.2) is 0 Å². The van der Waals surface area contributed by atoms with Crippen molar-refractivity contribution in [1.82, 2.24) is 5.32 Å². The summed E-state index contributed by atoms with van der Waals surface area (Å²) in [5.74, 6) is -1.25. The van der Waals surface area contributed by atoms with E-state index >= 15 is 0 Å². The molecular formula is C28H28N2O5. The molecule has 180 valence electrons. The van der Waals surface area contributed by atoms with Crippen LogP contribution in [0.4, 0.5) is 10.5 Å². The number of carbonyl (C=O) groups excluding carboxylic acids is 2. The minimum Gasteiger partial charge on any atom is -0.478 e. The monoisotopic (exact) mass is 472 g/mol. The van der Waals surface area contributed by atoms with Crippen molar-refractivity contribution in [3.8, 4) is 11.1 Å². The van der Waals surface area contributed by atoms with Crippen LogP contribution in [0.5, 0.6) is 0 Å². The first kappa shape index (κ1) is 24.0. The molecule has 1 aliphatic rings. The van der Waals surface area contributed by atoms with E-state index in [0.29, 0.717) is 18.5 Å². The summed E-state index contributed by atoms with van der Waals surface area (Å²) in [6, 6.07) is 22.3. The molecule has 35 heavy (non-hydrogen) atoms. The van der Waals surface area contributed by atoms with Gasteiger partial charge in [0.1, 0.15) is 6.61 Å². The number of hydrogen-bond acceptors (Lipinski definition) is 4. The van der Waals surface area contributed by atoms with E-state index in [-0.39, 0.29) is 36.5 Å². The molecule has 0 spiro atoms. The lowest BCUT2D eigenvalue weighted by molar-refractivity contribution is -0.116. The molecule has 0 radical (unpaired) electrons. The topological polar surface area (TPSA) is 105 Å². The normalized spacial score (nSPS) is 12.8. The van der Waals surface area contributed by atoms with E-state index in [9.17, 15) is 14.4 Å². The zero-order valence-electron chi connectivity index (χ0n) is 19.5. The van der Waals surface area contributed by atoms with Crippen LogP contribution >= 0.6 is 0 Å². The van der Waals surface area contributed by atoms with Gasteiger partial charge in [-0.05, 0) is 60.2 Å². The standard InChI is InChI=1S/C28H28N2O5/c1-18(8-6-15-26(31)30-20-10-7-9-19(16-20)27(32)33)29-28(34)35-17-25-23-13-4-2-11-21(23)22-12-3-5-14-24(22)25/h2-5,7,9-14,16,18,25H,6,8,15,17H2,1H3,(H,29,34)(H,30,31)(H,32,33). The third-order valence-corrected chi connectivity index (χ3v) is 6.14. The number of amides is 2. The van der Waals surface area contributed by atoms with Crippen LogP contribution in [-0.2, 0) is 9.53 Å². The second-order valence-electron chi connectivity index (χ2n) is 8.70. The maximum Gasteiger partial charge on any atom is 0.407 e. The number of rotatable bonds is 9. The zero-order valence-corrected chi connectivity index (χ0v) is 19.5. The van der Waals surface area contributed by atoms with Crippen molar-refractivity contribution in [2.75, 3.05) is 11.9 Å². The third kappa shape index (κ3) is 5.87. The number of alkyl carbamates (subject to hydrolysis) is 1. The predicted octanol–water partition coefficient (Wildman–Crippen LogP) is 5.42. The fraction of sp³-hybridized carbons (Fsp3) is 0.250. The van der Waals surface area contributed by atoms with E-state index in [0.717, 1.165) is 11.1 Å². The molecule has 3 N–H and O–H groups in total. The van der Waals surface area contributed by atoms with Crippen molar-refractivity contribution in [1.29, 1.82) is 0 Å². The number of fused-ring (bicyclic) bond motifs is 3. The van der Waals surface area contributed by atoms with Gasteiger partial charge in [-0.2, -0.15) is 0 Å². The van der Waals surface area contributed by atoms with Crippen LogP contribution in [0.3, 0.4) is 0 Å². The fourth-order valence-electron chi connectivity index (χ4n) is 4.44. The van der Waals surface area contributed by atoms with Crippen LogP contribution in [-0.4, -0.2) is 35.7 Å². The average molecular weight is 473 g/mol. The minimum absolute atomic E-state index is 0.00628. The van der Waals surface area contributed by atoms with Crippen LogP contribution in [0.2, 0.25) is 0 Å². The molecule has 4 rings (SSSR count). The van der Waals surface area contributed by atoms with Crippen molar-refractivity contribution in [2.45, 2.75) is 38.1 Å². The second kappa shape index (κ2) is 10.9. The number of carboxylic acids is 1. The summed E-state index contributed by atoms with van der Waals surface area (Å²) in [6.07, 6.45) is 0.949. The molecule has 0 heterocycles. The van der Waals surface area contributed by atoms with Crippen molar-refractivity contribution >= 4 is 23.7 Å². The van der Waals surface area contributed by atoms with E-state index < -0.39 is 12.1 Å². The van der Waals surface area contributed by atoms with Gasteiger partial charge in [0.2, 0.25) is 5.91 Å². The lowest BCUT2D eigenvalue weighted by Crippen LogP contribution is -2.34. The molecule has 1 aliphatic carbocycles. The van der Waals surface area contributed by atoms with Crippen molar-refractivity contribution in [2.24, 2.45) is 0 Å². The molecule has 1 unspecified atom stereocenters. The van der Waals surface area contributed by atoms with E-state index in [1.165, 1.54) is 23.3 Å². The summed E-state index contributed by atoms with van der Waals surface area (Å²) >= 11 is 0. The Balaban J connectivity index is 1.21. The maximum atomic E-state index is 12.4. The highest BCUT2D eigenvalue weighted by Gasteiger charge is 2.29. The first-order chi connectivity index (χ1) is 16.9. The molecule has 3 aromatic carbocycles. The van der Waals surface area contributed by atoms with Gasteiger partial charge in [-0.15, -0.1) is 0 Å². The smallest absolute Gasteiger partial charge is 0.407 e. The van der Waals surface area contributed by atoms with Gasteiger partial charge in [0.25, 0.3) is 0 Å². The van der Waals surface area contributed by atoms with Gasteiger partial charge < -0.3 is 20.5 Å².